The van der Waals surface area contributed by atoms with E-state index in [1.807, 2.05) is 0 Å². The lowest BCUT2D eigenvalue weighted by molar-refractivity contribution is -0.0986. The summed E-state index contributed by atoms with van der Waals surface area (Å²) in [5, 5.41) is 3.31. The molecule has 1 aromatic rings. The van der Waals surface area contributed by atoms with Crippen LogP contribution in [-0.4, -0.2) is 33.6 Å². The molecule has 0 fully saturated rings. The molecule has 0 bridgehead atoms. The lowest BCUT2D eigenvalue weighted by Gasteiger charge is -2.14. The smallest absolute Gasteiger partial charge is 0.169 e. The molecule has 1 aromatic carbocycles. The third-order valence-corrected chi connectivity index (χ3v) is 2.67. The Bertz CT molecular complexity index is 298. The van der Waals surface area contributed by atoms with E-state index in [2.05, 4.69) is 36.5 Å². The van der Waals surface area contributed by atoms with Gasteiger partial charge in [-0.05, 0) is 31.0 Å². The van der Waals surface area contributed by atoms with Crippen molar-refractivity contribution in [3.63, 3.8) is 0 Å². The largest absolute Gasteiger partial charge is 0.355 e. The molecule has 0 radical (unpaired) electrons. The summed E-state index contributed by atoms with van der Waals surface area (Å²) in [4.78, 5) is 0. The van der Waals surface area contributed by atoms with Crippen LogP contribution in [0.25, 0.3) is 0 Å². The van der Waals surface area contributed by atoms with Gasteiger partial charge in [-0.15, -0.1) is 0 Å². The molecule has 0 spiro atoms. The monoisotopic (exact) mass is 223 g/mol. The zero-order valence-corrected chi connectivity index (χ0v) is 10.3. The van der Waals surface area contributed by atoms with Crippen molar-refractivity contribution in [3.05, 3.63) is 35.4 Å². The Kier molecular flexibility index (Phi) is 6.08. The quantitative estimate of drug-likeness (QED) is 0.564. The number of ether oxygens (including phenoxy) is 2. The Morgan fingerprint density at radius 3 is 2.50 bits per heavy atom. The highest BCUT2D eigenvalue weighted by atomic mass is 16.7. The van der Waals surface area contributed by atoms with E-state index in [4.69, 9.17) is 9.47 Å². The summed E-state index contributed by atoms with van der Waals surface area (Å²) < 4.78 is 10.2. The van der Waals surface area contributed by atoms with Gasteiger partial charge in [-0.3, -0.25) is 0 Å². The predicted octanol–water partition coefficient (Wildman–Crippen LogP) is 1.75. The lowest BCUT2D eigenvalue weighted by Crippen LogP contribution is -2.31. The standard InChI is InChI=1S/C13H21NO2/c1-11-6-4-5-7-12(11)8-9-14-10-13(15-2)16-3/h4-7,13-14H,8-10H2,1-3H3. The fraction of sp³-hybridized carbons (Fsp3) is 0.538. The average Bonchev–Trinajstić information content (AvgIpc) is 2.31. The van der Waals surface area contributed by atoms with Gasteiger partial charge in [0.1, 0.15) is 0 Å². The Morgan fingerprint density at radius 1 is 1.19 bits per heavy atom. The number of methoxy groups -OCH3 is 2. The molecule has 0 aromatic heterocycles. The van der Waals surface area contributed by atoms with E-state index >= 15 is 0 Å². The average molecular weight is 223 g/mol. The zero-order valence-electron chi connectivity index (χ0n) is 10.3. The fourth-order valence-electron chi connectivity index (χ4n) is 1.60. The van der Waals surface area contributed by atoms with Crippen LogP contribution < -0.4 is 5.32 Å². The van der Waals surface area contributed by atoms with Gasteiger partial charge in [-0.1, -0.05) is 24.3 Å². The van der Waals surface area contributed by atoms with Gasteiger partial charge in [-0.2, -0.15) is 0 Å². The maximum Gasteiger partial charge on any atom is 0.169 e. The highest BCUT2D eigenvalue weighted by molar-refractivity contribution is 5.25. The number of benzene rings is 1. The van der Waals surface area contributed by atoms with Crippen LogP contribution in [0.3, 0.4) is 0 Å². The van der Waals surface area contributed by atoms with Crippen molar-refractivity contribution >= 4 is 0 Å². The summed E-state index contributed by atoms with van der Waals surface area (Å²) in [6.07, 6.45) is 0.879. The van der Waals surface area contributed by atoms with Crippen LogP contribution in [0.1, 0.15) is 11.1 Å². The van der Waals surface area contributed by atoms with Crippen LogP contribution in [0.15, 0.2) is 24.3 Å². The molecule has 1 rings (SSSR count). The van der Waals surface area contributed by atoms with Crippen LogP contribution in [-0.2, 0) is 15.9 Å². The first-order valence-corrected chi connectivity index (χ1v) is 5.58. The fourth-order valence-corrected chi connectivity index (χ4v) is 1.60. The van der Waals surface area contributed by atoms with Crippen LogP contribution in [0.5, 0.6) is 0 Å². The molecule has 3 heteroatoms. The molecule has 0 aliphatic carbocycles. The molecule has 0 heterocycles. The normalized spacial score (nSPS) is 11.0. The van der Waals surface area contributed by atoms with Crippen molar-refractivity contribution < 1.29 is 9.47 Å². The summed E-state index contributed by atoms with van der Waals surface area (Å²) in [5.74, 6) is 0. The third kappa shape index (κ3) is 4.31. The van der Waals surface area contributed by atoms with Crippen molar-refractivity contribution in [2.75, 3.05) is 27.3 Å². The minimum Gasteiger partial charge on any atom is -0.355 e. The maximum absolute atomic E-state index is 5.09. The Balaban J connectivity index is 2.23. The van der Waals surface area contributed by atoms with E-state index in [1.54, 1.807) is 14.2 Å². The summed E-state index contributed by atoms with van der Waals surface area (Å²) >= 11 is 0. The van der Waals surface area contributed by atoms with Gasteiger partial charge in [0.15, 0.2) is 6.29 Å². The van der Waals surface area contributed by atoms with Crippen LogP contribution >= 0.6 is 0 Å². The van der Waals surface area contributed by atoms with E-state index < -0.39 is 0 Å². The maximum atomic E-state index is 5.09. The minimum absolute atomic E-state index is 0.156. The molecular weight excluding hydrogens is 202 g/mol. The second-order valence-corrected chi connectivity index (χ2v) is 3.78. The van der Waals surface area contributed by atoms with Crippen LogP contribution in [0.2, 0.25) is 0 Å². The molecule has 3 nitrogen and oxygen atoms in total. The Morgan fingerprint density at radius 2 is 1.88 bits per heavy atom. The van der Waals surface area contributed by atoms with Crippen molar-refractivity contribution in [1.82, 2.24) is 5.32 Å². The molecule has 16 heavy (non-hydrogen) atoms. The first-order valence-electron chi connectivity index (χ1n) is 5.58. The second-order valence-electron chi connectivity index (χ2n) is 3.78. The number of hydrogen-bond donors (Lipinski definition) is 1. The predicted molar refractivity (Wildman–Crippen MR) is 65.6 cm³/mol. The van der Waals surface area contributed by atoms with Gasteiger partial charge in [0.25, 0.3) is 0 Å². The van der Waals surface area contributed by atoms with Crippen LogP contribution in [0, 0.1) is 6.92 Å². The number of aryl methyl sites for hydroxylation is 1. The Labute approximate surface area is 97.8 Å². The van der Waals surface area contributed by atoms with E-state index in [9.17, 15) is 0 Å². The Hall–Kier alpha value is -0.900. The molecule has 0 saturated heterocycles. The lowest BCUT2D eigenvalue weighted by atomic mass is 10.1. The van der Waals surface area contributed by atoms with Gasteiger partial charge in [0, 0.05) is 20.8 Å². The number of rotatable bonds is 7. The van der Waals surface area contributed by atoms with Crippen molar-refractivity contribution in [2.24, 2.45) is 0 Å². The van der Waals surface area contributed by atoms with E-state index in [0.29, 0.717) is 0 Å². The van der Waals surface area contributed by atoms with Crippen molar-refractivity contribution in [3.8, 4) is 0 Å². The highest BCUT2D eigenvalue weighted by Crippen LogP contribution is 2.06. The molecule has 0 unspecified atom stereocenters. The highest BCUT2D eigenvalue weighted by Gasteiger charge is 2.03. The summed E-state index contributed by atoms with van der Waals surface area (Å²) in [6, 6.07) is 8.46. The van der Waals surface area contributed by atoms with Crippen molar-refractivity contribution in [2.45, 2.75) is 19.6 Å². The van der Waals surface area contributed by atoms with Gasteiger partial charge in [0.2, 0.25) is 0 Å². The molecule has 0 atom stereocenters. The first kappa shape index (κ1) is 13.2. The first-order chi connectivity index (χ1) is 7.77. The molecule has 0 amide bonds. The van der Waals surface area contributed by atoms with E-state index in [1.165, 1.54) is 11.1 Å². The molecule has 1 N–H and O–H groups in total. The van der Waals surface area contributed by atoms with E-state index in [-0.39, 0.29) is 6.29 Å². The number of hydrogen-bond acceptors (Lipinski definition) is 3. The number of nitrogens with one attached hydrogen (secondary N) is 1. The summed E-state index contributed by atoms with van der Waals surface area (Å²) in [5.41, 5.74) is 2.74. The van der Waals surface area contributed by atoms with Gasteiger partial charge >= 0.3 is 0 Å². The molecular formula is C13H21NO2. The van der Waals surface area contributed by atoms with Gasteiger partial charge in [0.05, 0.1) is 0 Å². The molecule has 0 aliphatic heterocycles. The molecule has 0 saturated carbocycles. The zero-order chi connectivity index (χ0) is 11.8. The molecule has 90 valence electrons. The third-order valence-electron chi connectivity index (χ3n) is 2.67. The van der Waals surface area contributed by atoms with E-state index in [0.717, 1.165) is 19.5 Å². The summed E-state index contributed by atoms with van der Waals surface area (Å²) in [7, 11) is 3.30. The summed E-state index contributed by atoms with van der Waals surface area (Å²) in [6.45, 7) is 3.80. The second kappa shape index (κ2) is 7.39. The molecule has 0 aliphatic rings. The minimum atomic E-state index is -0.156. The topological polar surface area (TPSA) is 30.5 Å². The van der Waals surface area contributed by atoms with Crippen LogP contribution in [0.4, 0.5) is 0 Å². The van der Waals surface area contributed by atoms with Crippen molar-refractivity contribution in [1.29, 1.82) is 0 Å². The SMILES string of the molecule is COC(CNCCc1ccccc1C)OC. The van der Waals surface area contributed by atoms with Gasteiger partial charge in [-0.25, -0.2) is 0 Å². The van der Waals surface area contributed by atoms with Gasteiger partial charge < -0.3 is 14.8 Å².